The zero-order valence-electron chi connectivity index (χ0n) is 18.9. The standard InChI is InChI=1S/C22H37N5O2S/c1-17-7-8-19(30-17)18(27-11-13-29-14-12-27)15-24-21(23-2)25-16-22(9-5-6-10-22)20(28)26(3)4/h7-8,18H,5-6,9-16H2,1-4H3,(H2,23,24,25). The van der Waals surface area contributed by atoms with Gasteiger partial charge in [-0.3, -0.25) is 14.7 Å². The molecular weight excluding hydrogens is 398 g/mol. The van der Waals surface area contributed by atoms with Gasteiger partial charge in [-0.1, -0.05) is 12.8 Å². The van der Waals surface area contributed by atoms with Crippen molar-refractivity contribution >= 4 is 23.2 Å². The van der Waals surface area contributed by atoms with Crippen LogP contribution in [0.3, 0.4) is 0 Å². The number of rotatable bonds is 7. The second kappa shape index (κ2) is 10.6. The van der Waals surface area contributed by atoms with Crippen molar-refractivity contribution in [1.82, 2.24) is 20.4 Å². The molecule has 1 aliphatic heterocycles. The first kappa shape index (κ1) is 23.0. The maximum atomic E-state index is 12.8. The lowest BCUT2D eigenvalue weighted by Gasteiger charge is -2.35. The van der Waals surface area contributed by atoms with E-state index in [9.17, 15) is 4.79 Å². The van der Waals surface area contributed by atoms with Crippen LogP contribution in [0.15, 0.2) is 17.1 Å². The van der Waals surface area contributed by atoms with Gasteiger partial charge in [-0.25, -0.2) is 0 Å². The van der Waals surface area contributed by atoms with E-state index in [1.54, 1.807) is 11.9 Å². The van der Waals surface area contributed by atoms with E-state index in [1.807, 2.05) is 25.4 Å². The van der Waals surface area contributed by atoms with Crippen LogP contribution in [0.1, 0.15) is 41.5 Å². The van der Waals surface area contributed by atoms with Crippen molar-refractivity contribution in [2.75, 3.05) is 60.5 Å². The summed E-state index contributed by atoms with van der Waals surface area (Å²) in [4.78, 5) is 24.2. The molecule has 1 aliphatic carbocycles. The number of aliphatic imine (C=N–C) groups is 1. The number of morpholine rings is 1. The van der Waals surface area contributed by atoms with Crippen LogP contribution in [0.4, 0.5) is 0 Å². The average molecular weight is 436 g/mol. The highest BCUT2D eigenvalue weighted by Crippen LogP contribution is 2.39. The summed E-state index contributed by atoms with van der Waals surface area (Å²) in [6, 6.07) is 4.72. The Morgan fingerprint density at radius 3 is 2.53 bits per heavy atom. The fraction of sp³-hybridized carbons (Fsp3) is 0.727. The topological polar surface area (TPSA) is 69.2 Å². The Labute approximate surface area is 184 Å². The number of ether oxygens (including phenoxy) is 1. The Kier molecular flexibility index (Phi) is 8.13. The molecule has 0 radical (unpaired) electrons. The van der Waals surface area contributed by atoms with Crippen molar-refractivity contribution in [1.29, 1.82) is 0 Å². The molecular formula is C22H37N5O2S. The van der Waals surface area contributed by atoms with Crippen molar-refractivity contribution in [3.63, 3.8) is 0 Å². The van der Waals surface area contributed by atoms with Crippen LogP contribution in [0.25, 0.3) is 0 Å². The Bertz CT molecular complexity index is 721. The van der Waals surface area contributed by atoms with Crippen LogP contribution >= 0.6 is 11.3 Å². The smallest absolute Gasteiger partial charge is 0.230 e. The van der Waals surface area contributed by atoms with Crippen molar-refractivity contribution in [3.05, 3.63) is 21.9 Å². The Hall–Kier alpha value is -1.64. The molecule has 3 rings (SSSR count). The maximum Gasteiger partial charge on any atom is 0.230 e. The monoisotopic (exact) mass is 435 g/mol. The molecule has 2 heterocycles. The molecule has 1 atom stereocenters. The lowest BCUT2D eigenvalue weighted by Crippen LogP contribution is -2.50. The van der Waals surface area contributed by atoms with Gasteiger partial charge in [0.1, 0.15) is 0 Å². The average Bonchev–Trinajstić information content (AvgIpc) is 3.40. The summed E-state index contributed by atoms with van der Waals surface area (Å²) in [6.45, 7) is 7.00. The van der Waals surface area contributed by atoms with Gasteiger partial charge in [-0.2, -0.15) is 0 Å². The minimum absolute atomic E-state index is 0.225. The zero-order valence-corrected chi connectivity index (χ0v) is 19.7. The summed E-state index contributed by atoms with van der Waals surface area (Å²) in [7, 11) is 5.50. The fourth-order valence-corrected chi connectivity index (χ4v) is 5.60. The third kappa shape index (κ3) is 5.53. The van der Waals surface area contributed by atoms with Crippen LogP contribution in [0.2, 0.25) is 0 Å². The molecule has 1 aromatic rings. The van der Waals surface area contributed by atoms with Crippen LogP contribution in [0, 0.1) is 12.3 Å². The number of carbonyl (C=O) groups is 1. The van der Waals surface area contributed by atoms with Crippen LogP contribution < -0.4 is 10.6 Å². The van der Waals surface area contributed by atoms with Crippen molar-refractivity contribution < 1.29 is 9.53 Å². The van der Waals surface area contributed by atoms with Gasteiger partial charge in [0.05, 0.1) is 24.7 Å². The molecule has 0 spiro atoms. The van der Waals surface area contributed by atoms with Crippen molar-refractivity contribution in [3.8, 4) is 0 Å². The number of amides is 1. The van der Waals surface area contributed by atoms with Crippen molar-refractivity contribution in [2.24, 2.45) is 10.4 Å². The summed E-state index contributed by atoms with van der Waals surface area (Å²) < 4.78 is 5.56. The molecule has 7 nitrogen and oxygen atoms in total. The summed E-state index contributed by atoms with van der Waals surface area (Å²) in [5, 5.41) is 6.98. The minimum Gasteiger partial charge on any atom is -0.379 e. The van der Waals surface area contributed by atoms with Gasteiger partial charge in [0.15, 0.2) is 5.96 Å². The molecule has 2 N–H and O–H groups in total. The highest BCUT2D eigenvalue weighted by atomic mass is 32.1. The van der Waals surface area contributed by atoms with Crippen LogP contribution in [-0.4, -0.2) is 82.2 Å². The van der Waals surface area contributed by atoms with E-state index in [1.165, 1.54) is 9.75 Å². The number of nitrogens with one attached hydrogen (secondary N) is 2. The third-order valence-corrected chi connectivity index (χ3v) is 7.38. The predicted octanol–water partition coefficient (Wildman–Crippen LogP) is 2.24. The maximum absolute atomic E-state index is 12.8. The quantitative estimate of drug-likeness (QED) is 0.508. The number of guanidine groups is 1. The molecule has 1 saturated carbocycles. The zero-order chi connectivity index (χ0) is 21.6. The lowest BCUT2D eigenvalue weighted by atomic mass is 9.84. The molecule has 0 bridgehead atoms. The third-order valence-electron chi connectivity index (χ3n) is 6.28. The van der Waals surface area contributed by atoms with E-state index in [0.717, 1.165) is 64.5 Å². The Balaban J connectivity index is 1.63. The van der Waals surface area contributed by atoms with E-state index in [0.29, 0.717) is 6.54 Å². The highest BCUT2D eigenvalue weighted by molar-refractivity contribution is 7.12. The van der Waals surface area contributed by atoms with Gasteiger partial charge in [0.25, 0.3) is 0 Å². The number of aryl methyl sites for hydroxylation is 1. The van der Waals surface area contributed by atoms with Gasteiger partial charge in [-0.05, 0) is 31.9 Å². The second-order valence-corrected chi connectivity index (χ2v) is 9.93. The molecule has 1 aromatic heterocycles. The second-order valence-electron chi connectivity index (χ2n) is 8.61. The van der Waals surface area contributed by atoms with Crippen molar-refractivity contribution in [2.45, 2.75) is 38.6 Å². The first-order valence-corrected chi connectivity index (χ1v) is 11.8. The SMILES string of the molecule is CN=C(NCC(c1ccc(C)s1)N1CCOCC1)NCC1(C(=O)N(C)C)CCCC1. The lowest BCUT2D eigenvalue weighted by molar-refractivity contribution is -0.138. The number of nitrogens with zero attached hydrogens (tertiary/aromatic N) is 3. The largest absolute Gasteiger partial charge is 0.379 e. The molecule has 1 saturated heterocycles. The first-order chi connectivity index (χ1) is 14.4. The number of thiophene rings is 1. The van der Waals surface area contributed by atoms with E-state index < -0.39 is 0 Å². The van der Waals surface area contributed by atoms with Crippen LogP contribution in [0.5, 0.6) is 0 Å². The minimum atomic E-state index is -0.310. The van der Waals surface area contributed by atoms with E-state index >= 15 is 0 Å². The van der Waals surface area contributed by atoms with E-state index in [4.69, 9.17) is 4.74 Å². The Morgan fingerprint density at radius 2 is 1.97 bits per heavy atom. The molecule has 1 amide bonds. The van der Waals surface area contributed by atoms with Gasteiger partial charge < -0.3 is 20.3 Å². The number of hydrogen-bond donors (Lipinski definition) is 2. The van der Waals surface area contributed by atoms with Gasteiger partial charge in [-0.15, -0.1) is 11.3 Å². The van der Waals surface area contributed by atoms with E-state index in [2.05, 4.69) is 39.6 Å². The first-order valence-electron chi connectivity index (χ1n) is 11.0. The molecule has 30 heavy (non-hydrogen) atoms. The summed E-state index contributed by atoms with van der Waals surface area (Å²) in [5.41, 5.74) is -0.310. The summed E-state index contributed by atoms with van der Waals surface area (Å²) in [6.07, 6.45) is 4.12. The molecule has 2 fully saturated rings. The van der Waals surface area contributed by atoms with Crippen LogP contribution in [-0.2, 0) is 9.53 Å². The molecule has 2 aliphatic rings. The molecule has 1 unspecified atom stereocenters. The predicted molar refractivity (Wildman–Crippen MR) is 123 cm³/mol. The summed E-state index contributed by atoms with van der Waals surface area (Å²) >= 11 is 1.86. The van der Waals surface area contributed by atoms with E-state index in [-0.39, 0.29) is 17.4 Å². The summed E-state index contributed by atoms with van der Waals surface area (Å²) in [5.74, 6) is 0.988. The van der Waals surface area contributed by atoms with Gasteiger partial charge in [0, 0.05) is 57.1 Å². The van der Waals surface area contributed by atoms with Gasteiger partial charge >= 0.3 is 0 Å². The molecule has 0 aromatic carbocycles. The number of hydrogen-bond acceptors (Lipinski definition) is 5. The molecule has 8 heteroatoms. The normalized spacial score (nSPS) is 20.7. The number of carbonyl (C=O) groups excluding carboxylic acids is 1. The van der Waals surface area contributed by atoms with Gasteiger partial charge in [0.2, 0.25) is 5.91 Å². The highest BCUT2D eigenvalue weighted by Gasteiger charge is 2.42. The fourth-order valence-electron chi connectivity index (χ4n) is 4.59. The Morgan fingerprint density at radius 1 is 1.27 bits per heavy atom. The molecule has 168 valence electrons.